The molecule has 0 unspecified atom stereocenters. The molecule has 1 fully saturated rings. The summed E-state index contributed by atoms with van der Waals surface area (Å²) in [6, 6.07) is 9.15. The summed E-state index contributed by atoms with van der Waals surface area (Å²) < 4.78 is 0. The average molecular weight is 289 g/mol. The van der Waals surface area contributed by atoms with Crippen LogP contribution >= 0.6 is 0 Å². The van der Waals surface area contributed by atoms with Crippen molar-refractivity contribution in [3.05, 3.63) is 35.4 Å². The van der Waals surface area contributed by atoms with Gasteiger partial charge in [-0.3, -0.25) is 4.90 Å². The molecule has 1 aliphatic rings. The highest BCUT2D eigenvalue weighted by Crippen LogP contribution is 2.11. The molecule has 118 valence electrons. The van der Waals surface area contributed by atoms with Gasteiger partial charge in [-0.05, 0) is 37.1 Å². The Morgan fingerprint density at radius 1 is 0.952 bits per heavy atom. The molecular weight excluding hydrogens is 258 g/mol. The monoisotopic (exact) mass is 289 g/mol. The van der Waals surface area contributed by atoms with Crippen molar-refractivity contribution >= 4 is 0 Å². The van der Waals surface area contributed by atoms with Crippen LogP contribution in [0.4, 0.5) is 0 Å². The summed E-state index contributed by atoms with van der Waals surface area (Å²) in [5.41, 5.74) is 2.87. The molecule has 2 rings (SSSR count). The van der Waals surface area contributed by atoms with E-state index in [1.54, 1.807) is 0 Å². The Hall–Kier alpha value is -0.900. The Balaban J connectivity index is 1.75. The van der Waals surface area contributed by atoms with Gasteiger partial charge in [-0.15, -0.1) is 0 Å². The van der Waals surface area contributed by atoms with Crippen molar-refractivity contribution in [2.45, 2.75) is 26.8 Å². The van der Waals surface area contributed by atoms with Crippen LogP contribution < -0.4 is 5.32 Å². The minimum absolute atomic E-state index is 0.779. The van der Waals surface area contributed by atoms with Crippen molar-refractivity contribution in [2.24, 2.45) is 5.92 Å². The molecule has 3 nitrogen and oxygen atoms in total. The first kappa shape index (κ1) is 16.5. The van der Waals surface area contributed by atoms with E-state index in [-0.39, 0.29) is 0 Å². The van der Waals surface area contributed by atoms with Crippen LogP contribution in [0.5, 0.6) is 0 Å². The number of hydrogen-bond acceptors (Lipinski definition) is 3. The maximum atomic E-state index is 3.20. The Labute approximate surface area is 130 Å². The predicted molar refractivity (Wildman–Crippen MR) is 90.6 cm³/mol. The van der Waals surface area contributed by atoms with Crippen LogP contribution in [-0.2, 0) is 13.0 Å². The first-order valence-corrected chi connectivity index (χ1v) is 8.34. The van der Waals surface area contributed by atoms with Crippen LogP contribution in [0.3, 0.4) is 0 Å². The van der Waals surface area contributed by atoms with E-state index in [4.69, 9.17) is 0 Å². The van der Waals surface area contributed by atoms with Gasteiger partial charge in [0, 0.05) is 39.3 Å². The van der Waals surface area contributed by atoms with E-state index in [1.165, 1.54) is 43.9 Å². The zero-order chi connectivity index (χ0) is 15.1. The van der Waals surface area contributed by atoms with E-state index in [0.29, 0.717) is 0 Å². The number of likely N-dealkylation sites (N-methyl/N-ethyl adjacent to an activating group) is 1. The second kappa shape index (κ2) is 8.52. The molecule has 0 saturated carbocycles. The first-order chi connectivity index (χ1) is 10.2. The standard InChI is InChI=1S/C18H31N3/c1-16(2)14-20-10-12-21(13-11-20)15-18-6-4-17(5-7-18)8-9-19-3/h4-7,16,19H,8-15H2,1-3H3. The molecule has 21 heavy (non-hydrogen) atoms. The third kappa shape index (κ3) is 5.77. The first-order valence-electron chi connectivity index (χ1n) is 8.34. The van der Waals surface area contributed by atoms with Crippen molar-refractivity contribution < 1.29 is 0 Å². The number of piperazine rings is 1. The molecule has 1 saturated heterocycles. The van der Waals surface area contributed by atoms with Gasteiger partial charge in [-0.25, -0.2) is 0 Å². The van der Waals surface area contributed by atoms with Crippen LogP contribution in [0.25, 0.3) is 0 Å². The Kier molecular flexibility index (Phi) is 6.68. The van der Waals surface area contributed by atoms with Crippen LogP contribution in [0.1, 0.15) is 25.0 Å². The van der Waals surface area contributed by atoms with Crippen LogP contribution in [0.15, 0.2) is 24.3 Å². The van der Waals surface area contributed by atoms with E-state index in [0.717, 1.165) is 25.4 Å². The van der Waals surface area contributed by atoms with Crippen molar-refractivity contribution in [1.82, 2.24) is 15.1 Å². The zero-order valence-electron chi connectivity index (χ0n) is 13.9. The van der Waals surface area contributed by atoms with Gasteiger partial charge >= 0.3 is 0 Å². The molecule has 1 aromatic carbocycles. The summed E-state index contributed by atoms with van der Waals surface area (Å²) in [7, 11) is 2.01. The van der Waals surface area contributed by atoms with Crippen LogP contribution in [0, 0.1) is 5.92 Å². The van der Waals surface area contributed by atoms with Crippen LogP contribution in [-0.4, -0.2) is 56.1 Å². The molecule has 0 amide bonds. The van der Waals surface area contributed by atoms with Crippen molar-refractivity contribution in [3.8, 4) is 0 Å². The molecular formula is C18H31N3. The molecule has 1 aliphatic heterocycles. The molecule has 1 N–H and O–H groups in total. The predicted octanol–water partition coefficient (Wildman–Crippen LogP) is 2.22. The van der Waals surface area contributed by atoms with E-state index in [1.807, 2.05) is 7.05 Å². The Morgan fingerprint density at radius 3 is 2.10 bits per heavy atom. The molecule has 0 bridgehead atoms. The summed E-state index contributed by atoms with van der Waals surface area (Å²) in [4.78, 5) is 5.18. The molecule has 0 spiro atoms. The van der Waals surface area contributed by atoms with Crippen molar-refractivity contribution in [2.75, 3.05) is 46.3 Å². The fourth-order valence-corrected chi connectivity index (χ4v) is 2.99. The summed E-state index contributed by atoms with van der Waals surface area (Å²) in [6.07, 6.45) is 1.12. The normalized spacial score (nSPS) is 17.5. The van der Waals surface area contributed by atoms with Crippen LogP contribution in [0.2, 0.25) is 0 Å². The van der Waals surface area contributed by atoms with E-state index < -0.39 is 0 Å². The van der Waals surface area contributed by atoms with E-state index in [9.17, 15) is 0 Å². The fourth-order valence-electron chi connectivity index (χ4n) is 2.99. The molecule has 0 radical (unpaired) electrons. The molecule has 1 aromatic rings. The topological polar surface area (TPSA) is 18.5 Å². The number of nitrogens with zero attached hydrogens (tertiary/aromatic N) is 2. The summed E-state index contributed by atoms with van der Waals surface area (Å²) in [6.45, 7) is 12.9. The van der Waals surface area contributed by atoms with Gasteiger partial charge in [0.1, 0.15) is 0 Å². The number of rotatable bonds is 7. The number of benzene rings is 1. The lowest BCUT2D eigenvalue weighted by Gasteiger charge is -2.35. The molecule has 0 atom stereocenters. The Morgan fingerprint density at radius 2 is 1.52 bits per heavy atom. The van der Waals surface area contributed by atoms with Gasteiger partial charge < -0.3 is 10.2 Å². The second-order valence-electron chi connectivity index (χ2n) is 6.64. The molecule has 0 aliphatic carbocycles. The minimum atomic E-state index is 0.779. The quantitative estimate of drug-likeness (QED) is 0.830. The number of hydrogen-bond donors (Lipinski definition) is 1. The van der Waals surface area contributed by atoms with Crippen molar-refractivity contribution in [3.63, 3.8) is 0 Å². The van der Waals surface area contributed by atoms with Crippen molar-refractivity contribution in [1.29, 1.82) is 0 Å². The van der Waals surface area contributed by atoms with E-state index in [2.05, 4.69) is 53.2 Å². The summed E-state index contributed by atoms with van der Waals surface area (Å²) >= 11 is 0. The highest BCUT2D eigenvalue weighted by molar-refractivity contribution is 5.22. The third-order valence-electron chi connectivity index (χ3n) is 4.18. The maximum absolute atomic E-state index is 3.20. The third-order valence-corrected chi connectivity index (χ3v) is 4.18. The van der Waals surface area contributed by atoms with Gasteiger partial charge in [0.2, 0.25) is 0 Å². The van der Waals surface area contributed by atoms with Gasteiger partial charge in [0.05, 0.1) is 0 Å². The molecule has 1 heterocycles. The van der Waals surface area contributed by atoms with Gasteiger partial charge in [-0.1, -0.05) is 38.1 Å². The second-order valence-corrected chi connectivity index (χ2v) is 6.64. The smallest absolute Gasteiger partial charge is 0.0234 e. The number of nitrogens with one attached hydrogen (secondary N) is 1. The largest absolute Gasteiger partial charge is 0.319 e. The van der Waals surface area contributed by atoms with Gasteiger partial charge in [0.15, 0.2) is 0 Å². The van der Waals surface area contributed by atoms with E-state index >= 15 is 0 Å². The minimum Gasteiger partial charge on any atom is -0.319 e. The lowest BCUT2D eigenvalue weighted by molar-refractivity contribution is 0.117. The molecule has 0 aromatic heterocycles. The Bertz CT molecular complexity index is 391. The zero-order valence-corrected chi connectivity index (χ0v) is 13.9. The highest BCUT2D eigenvalue weighted by Gasteiger charge is 2.17. The lowest BCUT2D eigenvalue weighted by atomic mass is 10.1. The summed E-state index contributed by atoms with van der Waals surface area (Å²) in [5, 5.41) is 3.20. The lowest BCUT2D eigenvalue weighted by Crippen LogP contribution is -2.46. The summed E-state index contributed by atoms with van der Waals surface area (Å²) in [5.74, 6) is 0.779. The highest BCUT2D eigenvalue weighted by atomic mass is 15.3. The van der Waals surface area contributed by atoms with Gasteiger partial charge in [0.25, 0.3) is 0 Å². The van der Waals surface area contributed by atoms with Gasteiger partial charge in [-0.2, -0.15) is 0 Å². The SMILES string of the molecule is CNCCc1ccc(CN2CCN(CC(C)C)CC2)cc1. The average Bonchev–Trinajstić information content (AvgIpc) is 2.48. The fraction of sp³-hybridized carbons (Fsp3) is 0.667. The maximum Gasteiger partial charge on any atom is 0.0234 e. The molecule has 3 heteroatoms.